The van der Waals surface area contributed by atoms with Gasteiger partial charge in [-0.3, -0.25) is 4.79 Å². The lowest BCUT2D eigenvalue weighted by Crippen LogP contribution is -2.53. The van der Waals surface area contributed by atoms with Crippen molar-refractivity contribution in [3.05, 3.63) is 23.8 Å². The van der Waals surface area contributed by atoms with E-state index in [1.165, 1.54) is 0 Å². The highest BCUT2D eigenvalue weighted by atomic mass is 16.7. The third kappa shape index (κ3) is 4.70. The van der Waals surface area contributed by atoms with E-state index in [0.29, 0.717) is 38.5 Å². The van der Waals surface area contributed by atoms with Crippen molar-refractivity contribution in [2.24, 2.45) is 0 Å². The molecule has 0 saturated carbocycles. The maximum Gasteiger partial charge on any atom is 0.231 e. The monoisotopic (exact) mass is 378 g/mol. The zero-order valence-electron chi connectivity index (χ0n) is 15.2. The number of carbonyl (C=O) groups excluding carboxylic acids is 1. The molecule has 3 N–H and O–H groups in total. The normalized spacial score (nSPS) is 30.1. The number of amides is 1. The number of nitrogens with one attached hydrogen (secondary N) is 2. The fourth-order valence-corrected chi connectivity index (χ4v) is 3.70. The summed E-state index contributed by atoms with van der Waals surface area (Å²) < 4.78 is 22.2. The van der Waals surface area contributed by atoms with Crippen LogP contribution in [0.1, 0.15) is 24.8 Å². The number of carbonyl (C=O) groups is 1. The lowest BCUT2D eigenvalue weighted by atomic mass is 9.96. The summed E-state index contributed by atoms with van der Waals surface area (Å²) in [5, 5.41) is 16.0. The summed E-state index contributed by atoms with van der Waals surface area (Å²) in [4.78, 5) is 12.3. The van der Waals surface area contributed by atoms with Crippen LogP contribution in [-0.4, -0.2) is 61.9 Å². The minimum absolute atomic E-state index is 0.0359. The van der Waals surface area contributed by atoms with E-state index < -0.39 is 6.10 Å². The molecule has 3 heterocycles. The fraction of sp³-hybridized carbons (Fsp3) is 0.632. The van der Waals surface area contributed by atoms with Gasteiger partial charge >= 0.3 is 0 Å². The molecule has 3 aliphatic heterocycles. The van der Waals surface area contributed by atoms with Crippen molar-refractivity contribution < 1.29 is 28.8 Å². The van der Waals surface area contributed by atoms with Crippen LogP contribution >= 0.6 is 0 Å². The average Bonchev–Trinajstić information content (AvgIpc) is 3.12. The molecule has 2 saturated heterocycles. The van der Waals surface area contributed by atoms with Gasteiger partial charge in [0.25, 0.3) is 0 Å². The van der Waals surface area contributed by atoms with Gasteiger partial charge in [0.15, 0.2) is 11.5 Å². The predicted molar refractivity (Wildman–Crippen MR) is 95.5 cm³/mol. The number of hydrogen-bond acceptors (Lipinski definition) is 7. The van der Waals surface area contributed by atoms with Crippen molar-refractivity contribution in [3.8, 4) is 11.5 Å². The minimum atomic E-state index is -0.481. The van der Waals surface area contributed by atoms with Crippen LogP contribution in [0, 0.1) is 0 Å². The fourth-order valence-electron chi connectivity index (χ4n) is 3.70. The molecule has 27 heavy (non-hydrogen) atoms. The van der Waals surface area contributed by atoms with Crippen LogP contribution in [-0.2, 0) is 20.8 Å². The van der Waals surface area contributed by atoms with E-state index >= 15 is 0 Å². The second kappa shape index (κ2) is 8.43. The smallest absolute Gasteiger partial charge is 0.231 e. The first-order valence-corrected chi connectivity index (χ1v) is 9.47. The SMILES string of the molecule is O=C(C[C@@H]1CC[C@@H]2NC[C@@H](O)COC[C@H]2O1)NCc1ccc2c(c1)OCO2. The standard InChI is InChI=1S/C19H26N2O6/c22-13-8-20-15-3-2-14(27-18(15)10-24-9-13)6-19(23)21-7-12-1-4-16-17(5-12)26-11-25-16/h1,4-5,13-15,18,20,22H,2-3,6-11H2,(H,21,23)/t13-,14+,15+,18-/m1/s1. The third-order valence-electron chi connectivity index (χ3n) is 5.16. The Morgan fingerprint density at radius 2 is 2.11 bits per heavy atom. The summed E-state index contributed by atoms with van der Waals surface area (Å²) in [6.45, 7) is 1.93. The van der Waals surface area contributed by atoms with E-state index in [4.69, 9.17) is 18.9 Å². The number of aliphatic hydroxyl groups is 1. The summed E-state index contributed by atoms with van der Waals surface area (Å²) in [5.74, 6) is 1.41. The molecule has 4 atom stereocenters. The number of benzene rings is 1. The molecule has 2 fully saturated rings. The lowest BCUT2D eigenvalue weighted by molar-refractivity contribution is -0.137. The van der Waals surface area contributed by atoms with Crippen molar-refractivity contribution in [3.63, 3.8) is 0 Å². The molecule has 1 aromatic rings. The Balaban J connectivity index is 1.24. The Morgan fingerprint density at radius 1 is 1.22 bits per heavy atom. The van der Waals surface area contributed by atoms with Crippen LogP contribution in [0.2, 0.25) is 0 Å². The molecular formula is C19H26N2O6. The van der Waals surface area contributed by atoms with Crippen LogP contribution in [0.25, 0.3) is 0 Å². The van der Waals surface area contributed by atoms with Crippen LogP contribution in [0.3, 0.4) is 0 Å². The second-order valence-electron chi connectivity index (χ2n) is 7.25. The molecule has 0 aromatic heterocycles. The first-order valence-electron chi connectivity index (χ1n) is 9.47. The number of fused-ring (bicyclic) bond motifs is 2. The number of rotatable bonds is 4. The highest BCUT2D eigenvalue weighted by Crippen LogP contribution is 2.32. The molecule has 0 unspecified atom stereocenters. The molecule has 3 aliphatic rings. The van der Waals surface area contributed by atoms with Gasteiger partial charge in [0, 0.05) is 19.1 Å². The van der Waals surface area contributed by atoms with Gasteiger partial charge in [-0.1, -0.05) is 6.07 Å². The van der Waals surface area contributed by atoms with Crippen molar-refractivity contribution >= 4 is 5.91 Å². The predicted octanol–water partition coefficient (Wildman–Crippen LogP) is 0.319. The summed E-state index contributed by atoms with van der Waals surface area (Å²) in [7, 11) is 0. The highest BCUT2D eigenvalue weighted by molar-refractivity contribution is 5.76. The highest BCUT2D eigenvalue weighted by Gasteiger charge is 2.33. The van der Waals surface area contributed by atoms with Crippen LogP contribution in [0.15, 0.2) is 18.2 Å². The number of β-amino-alcohol motifs (C(OH)–C–C–N with tert-alkyl or cyclic N) is 1. The Kier molecular flexibility index (Phi) is 5.77. The minimum Gasteiger partial charge on any atom is -0.454 e. The van der Waals surface area contributed by atoms with Gasteiger partial charge in [0.05, 0.1) is 37.9 Å². The molecule has 0 radical (unpaired) electrons. The van der Waals surface area contributed by atoms with E-state index in [9.17, 15) is 9.90 Å². The summed E-state index contributed by atoms with van der Waals surface area (Å²) >= 11 is 0. The largest absolute Gasteiger partial charge is 0.454 e. The zero-order valence-corrected chi connectivity index (χ0v) is 15.2. The quantitative estimate of drug-likeness (QED) is 0.694. The van der Waals surface area contributed by atoms with Crippen molar-refractivity contribution in [1.82, 2.24) is 10.6 Å². The molecule has 8 heteroatoms. The van der Waals surface area contributed by atoms with Gasteiger partial charge < -0.3 is 34.7 Å². The Hall–Kier alpha value is -1.87. The first-order chi connectivity index (χ1) is 13.2. The van der Waals surface area contributed by atoms with E-state index in [1.807, 2.05) is 18.2 Å². The van der Waals surface area contributed by atoms with Gasteiger partial charge in [0.1, 0.15) is 0 Å². The number of ether oxygens (including phenoxy) is 4. The molecule has 0 bridgehead atoms. The van der Waals surface area contributed by atoms with E-state index in [0.717, 1.165) is 24.2 Å². The third-order valence-corrected chi connectivity index (χ3v) is 5.16. The maximum atomic E-state index is 12.3. The molecule has 4 rings (SSSR count). The molecule has 0 aliphatic carbocycles. The molecule has 1 aromatic carbocycles. The van der Waals surface area contributed by atoms with Gasteiger partial charge in [-0.05, 0) is 30.5 Å². The van der Waals surface area contributed by atoms with Gasteiger partial charge in [-0.15, -0.1) is 0 Å². The Morgan fingerprint density at radius 3 is 3.04 bits per heavy atom. The van der Waals surface area contributed by atoms with Crippen LogP contribution in [0.4, 0.5) is 0 Å². The molecule has 1 amide bonds. The summed E-state index contributed by atoms with van der Waals surface area (Å²) in [5.41, 5.74) is 0.966. The Labute approximate surface area is 158 Å². The topological polar surface area (TPSA) is 98.3 Å². The summed E-state index contributed by atoms with van der Waals surface area (Å²) in [6, 6.07) is 5.82. The number of hydrogen-bond donors (Lipinski definition) is 3. The van der Waals surface area contributed by atoms with Crippen LogP contribution < -0.4 is 20.1 Å². The second-order valence-corrected chi connectivity index (χ2v) is 7.25. The van der Waals surface area contributed by atoms with E-state index in [-0.39, 0.29) is 30.9 Å². The van der Waals surface area contributed by atoms with Gasteiger partial charge in [-0.2, -0.15) is 0 Å². The molecule has 8 nitrogen and oxygen atoms in total. The molecule has 148 valence electrons. The van der Waals surface area contributed by atoms with Crippen molar-refractivity contribution in [1.29, 1.82) is 0 Å². The van der Waals surface area contributed by atoms with Crippen molar-refractivity contribution in [2.45, 2.75) is 50.2 Å². The summed E-state index contributed by atoms with van der Waals surface area (Å²) in [6.07, 6.45) is 1.36. The lowest BCUT2D eigenvalue weighted by Gasteiger charge is -2.38. The van der Waals surface area contributed by atoms with Crippen molar-refractivity contribution in [2.75, 3.05) is 26.6 Å². The molecule has 0 spiro atoms. The average molecular weight is 378 g/mol. The maximum absolute atomic E-state index is 12.3. The zero-order chi connectivity index (χ0) is 18.6. The molecular weight excluding hydrogens is 352 g/mol. The Bertz CT molecular complexity index is 670. The van der Waals surface area contributed by atoms with E-state index in [1.54, 1.807) is 0 Å². The number of aliphatic hydroxyl groups excluding tert-OH is 1. The van der Waals surface area contributed by atoms with Crippen LogP contribution in [0.5, 0.6) is 11.5 Å². The van der Waals surface area contributed by atoms with E-state index in [2.05, 4.69) is 10.6 Å². The van der Waals surface area contributed by atoms with Gasteiger partial charge in [0.2, 0.25) is 12.7 Å². The van der Waals surface area contributed by atoms with Gasteiger partial charge in [-0.25, -0.2) is 0 Å². The first kappa shape index (κ1) is 18.5.